The van der Waals surface area contributed by atoms with Crippen LogP contribution in [0, 0.1) is 0 Å². The van der Waals surface area contributed by atoms with Gasteiger partial charge in [-0.05, 0) is 12.1 Å². The van der Waals surface area contributed by atoms with Gasteiger partial charge in [-0.25, -0.2) is 4.98 Å². The van der Waals surface area contributed by atoms with Gasteiger partial charge >= 0.3 is 6.18 Å². The standard InChI is InChI=1S/C15H16F3N3O2/c1-2-9-3-4-10(23-9)7-21-6-5-12-11(8-21)13(22)20-14(19-12)15(16,17)18/h3-4H,2,5-8H2,1H3,(H,19,20,22). The van der Waals surface area contributed by atoms with Gasteiger partial charge in [0.25, 0.3) is 5.56 Å². The van der Waals surface area contributed by atoms with Gasteiger partial charge in [-0.15, -0.1) is 0 Å². The van der Waals surface area contributed by atoms with Crippen LogP contribution in [0.15, 0.2) is 21.3 Å². The summed E-state index contributed by atoms with van der Waals surface area (Å²) in [7, 11) is 0. The van der Waals surface area contributed by atoms with Crippen molar-refractivity contribution < 1.29 is 17.6 Å². The molecule has 0 aromatic carbocycles. The third-order valence-electron chi connectivity index (χ3n) is 3.86. The van der Waals surface area contributed by atoms with E-state index in [1.165, 1.54) is 0 Å². The maximum absolute atomic E-state index is 12.7. The van der Waals surface area contributed by atoms with Crippen molar-refractivity contribution >= 4 is 0 Å². The molecule has 0 fully saturated rings. The molecule has 3 heterocycles. The summed E-state index contributed by atoms with van der Waals surface area (Å²) in [6.45, 7) is 3.30. The monoisotopic (exact) mass is 327 g/mol. The molecule has 124 valence electrons. The van der Waals surface area contributed by atoms with E-state index in [0.717, 1.165) is 17.9 Å². The number of aryl methyl sites for hydroxylation is 1. The van der Waals surface area contributed by atoms with E-state index in [2.05, 4.69) is 4.98 Å². The molecule has 2 aromatic rings. The van der Waals surface area contributed by atoms with E-state index in [9.17, 15) is 18.0 Å². The number of alkyl halides is 3. The molecule has 23 heavy (non-hydrogen) atoms. The highest BCUT2D eigenvalue weighted by Crippen LogP contribution is 2.26. The van der Waals surface area contributed by atoms with Crippen LogP contribution in [0.3, 0.4) is 0 Å². The Hall–Kier alpha value is -2.09. The van der Waals surface area contributed by atoms with Crippen LogP contribution in [0.4, 0.5) is 13.2 Å². The van der Waals surface area contributed by atoms with Crippen molar-refractivity contribution in [2.45, 2.75) is 39.0 Å². The molecule has 0 unspecified atom stereocenters. The Kier molecular flexibility index (Phi) is 4.01. The lowest BCUT2D eigenvalue weighted by Gasteiger charge is -2.27. The number of fused-ring (bicyclic) bond motifs is 1. The third-order valence-corrected chi connectivity index (χ3v) is 3.86. The zero-order valence-corrected chi connectivity index (χ0v) is 12.5. The Morgan fingerprint density at radius 1 is 1.35 bits per heavy atom. The average molecular weight is 327 g/mol. The van der Waals surface area contributed by atoms with Crippen molar-refractivity contribution in [1.82, 2.24) is 14.9 Å². The molecule has 0 amide bonds. The second-order valence-electron chi connectivity index (χ2n) is 5.52. The molecule has 1 aliphatic heterocycles. The molecule has 1 aliphatic rings. The van der Waals surface area contributed by atoms with E-state index in [1.807, 2.05) is 28.9 Å². The molecule has 0 spiro atoms. The van der Waals surface area contributed by atoms with E-state index in [0.29, 0.717) is 25.1 Å². The summed E-state index contributed by atoms with van der Waals surface area (Å²) in [5.74, 6) is 0.432. The summed E-state index contributed by atoms with van der Waals surface area (Å²) < 4.78 is 43.7. The summed E-state index contributed by atoms with van der Waals surface area (Å²) in [5.41, 5.74) is -0.196. The highest BCUT2D eigenvalue weighted by Gasteiger charge is 2.35. The van der Waals surface area contributed by atoms with E-state index in [1.54, 1.807) is 0 Å². The first-order valence-corrected chi connectivity index (χ1v) is 7.36. The van der Waals surface area contributed by atoms with Crippen LogP contribution in [0.1, 0.15) is 35.5 Å². The van der Waals surface area contributed by atoms with Crippen molar-refractivity contribution in [2.75, 3.05) is 6.54 Å². The summed E-state index contributed by atoms with van der Waals surface area (Å²) in [6.07, 6.45) is -3.54. The van der Waals surface area contributed by atoms with Gasteiger partial charge in [-0.1, -0.05) is 6.92 Å². The van der Waals surface area contributed by atoms with Gasteiger partial charge in [0.1, 0.15) is 11.5 Å². The minimum absolute atomic E-state index is 0.228. The van der Waals surface area contributed by atoms with Crippen molar-refractivity contribution in [3.63, 3.8) is 0 Å². The topological polar surface area (TPSA) is 62.1 Å². The molecule has 2 aromatic heterocycles. The predicted octanol–water partition coefficient (Wildman–Crippen LogP) is 2.50. The molecule has 0 bridgehead atoms. The van der Waals surface area contributed by atoms with Gasteiger partial charge < -0.3 is 9.40 Å². The number of nitrogens with one attached hydrogen (secondary N) is 1. The van der Waals surface area contributed by atoms with E-state index >= 15 is 0 Å². The molecule has 0 radical (unpaired) electrons. The van der Waals surface area contributed by atoms with Crippen LogP contribution in [0.2, 0.25) is 0 Å². The predicted molar refractivity (Wildman–Crippen MR) is 75.8 cm³/mol. The first-order valence-electron chi connectivity index (χ1n) is 7.36. The number of aromatic amines is 1. The molecule has 8 heteroatoms. The van der Waals surface area contributed by atoms with E-state index in [-0.39, 0.29) is 12.2 Å². The van der Waals surface area contributed by atoms with Gasteiger partial charge in [-0.3, -0.25) is 9.69 Å². The Morgan fingerprint density at radius 3 is 2.74 bits per heavy atom. The SMILES string of the molecule is CCc1ccc(CN2CCc3nc(C(F)(F)F)[nH]c(=O)c3C2)o1. The number of furan rings is 1. The van der Waals surface area contributed by atoms with Crippen molar-refractivity contribution in [2.24, 2.45) is 0 Å². The van der Waals surface area contributed by atoms with Crippen molar-refractivity contribution in [3.8, 4) is 0 Å². The molecule has 1 N–H and O–H groups in total. The summed E-state index contributed by atoms with van der Waals surface area (Å²) >= 11 is 0. The highest BCUT2D eigenvalue weighted by molar-refractivity contribution is 5.22. The van der Waals surface area contributed by atoms with Gasteiger partial charge in [0.05, 0.1) is 17.8 Å². The fourth-order valence-electron chi connectivity index (χ4n) is 2.67. The van der Waals surface area contributed by atoms with Crippen molar-refractivity contribution in [1.29, 1.82) is 0 Å². The maximum Gasteiger partial charge on any atom is 0.449 e. The van der Waals surface area contributed by atoms with Crippen LogP contribution >= 0.6 is 0 Å². The summed E-state index contributed by atoms with van der Waals surface area (Å²) in [6, 6.07) is 3.78. The lowest BCUT2D eigenvalue weighted by molar-refractivity contribution is -0.145. The number of aromatic nitrogens is 2. The molecular weight excluding hydrogens is 311 g/mol. The molecule has 0 saturated carbocycles. The second kappa shape index (κ2) is 5.84. The lowest BCUT2D eigenvalue weighted by Crippen LogP contribution is -2.36. The van der Waals surface area contributed by atoms with Crippen LogP contribution in [-0.2, 0) is 32.1 Å². The largest absolute Gasteiger partial charge is 0.465 e. The van der Waals surface area contributed by atoms with Gasteiger partial charge in [0.15, 0.2) is 0 Å². The van der Waals surface area contributed by atoms with E-state index in [4.69, 9.17) is 4.42 Å². The number of hydrogen-bond acceptors (Lipinski definition) is 4. The minimum atomic E-state index is -4.64. The maximum atomic E-state index is 12.7. The summed E-state index contributed by atoms with van der Waals surface area (Å²) in [4.78, 5) is 19.3. The van der Waals surface area contributed by atoms with Gasteiger partial charge in [0.2, 0.25) is 5.82 Å². The third kappa shape index (κ3) is 3.31. The molecule has 5 nitrogen and oxygen atoms in total. The molecular formula is C15H16F3N3O2. The zero-order chi connectivity index (χ0) is 16.6. The molecule has 0 saturated heterocycles. The Bertz CT molecular complexity index is 764. The van der Waals surface area contributed by atoms with Crippen LogP contribution < -0.4 is 5.56 Å². The number of halogens is 3. The number of rotatable bonds is 3. The molecule has 0 aliphatic carbocycles. The van der Waals surface area contributed by atoms with Crippen LogP contribution in [0.25, 0.3) is 0 Å². The lowest BCUT2D eigenvalue weighted by atomic mass is 10.1. The first kappa shape index (κ1) is 15.8. The van der Waals surface area contributed by atoms with Gasteiger partial charge in [-0.2, -0.15) is 13.2 Å². The zero-order valence-electron chi connectivity index (χ0n) is 12.5. The minimum Gasteiger partial charge on any atom is -0.465 e. The normalized spacial score (nSPS) is 15.7. The average Bonchev–Trinajstić information content (AvgIpc) is 2.94. The van der Waals surface area contributed by atoms with Gasteiger partial charge in [0, 0.05) is 25.9 Å². The Balaban J connectivity index is 1.79. The number of H-pyrrole nitrogens is 1. The fraction of sp³-hybridized carbons (Fsp3) is 0.467. The highest BCUT2D eigenvalue weighted by atomic mass is 19.4. The second-order valence-corrected chi connectivity index (χ2v) is 5.52. The number of nitrogens with zero attached hydrogens (tertiary/aromatic N) is 2. The Morgan fingerprint density at radius 2 is 2.09 bits per heavy atom. The van der Waals surface area contributed by atoms with Crippen LogP contribution in [0.5, 0.6) is 0 Å². The summed E-state index contributed by atoms with van der Waals surface area (Å²) in [5, 5.41) is 0. The van der Waals surface area contributed by atoms with E-state index < -0.39 is 17.6 Å². The van der Waals surface area contributed by atoms with Crippen LogP contribution in [-0.4, -0.2) is 21.4 Å². The molecule has 3 rings (SSSR count). The first-order chi connectivity index (χ1) is 10.9. The molecule has 0 atom stereocenters. The number of hydrogen-bond donors (Lipinski definition) is 1. The Labute approximate surface area is 130 Å². The fourth-order valence-corrected chi connectivity index (χ4v) is 2.67. The smallest absolute Gasteiger partial charge is 0.449 e. The quantitative estimate of drug-likeness (QED) is 0.941. The van der Waals surface area contributed by atoms with Crippen molar-refractivity contribution in [3.05, 3.63) is 51.1 Å².